The molecular weight excluding hydrogens is 273 g/mol. The van der Waals surface area contributed by atoms with E-state index in [1.807, 2.05) is 0 Å². The molecule has 0 amide bonds. The first-order valence-electron chi connectivity index (χ1n) is 4.39. The second-order valence-corrected chi connectivity index (χ2v) is 3.98. The molecule has 2 rings (SSSR count). The fraction of sp³-hybridized carbons (Fsp3) is 0. The van der Waals surface area contributed by atoms with Crippen LogP contribution in [0.2, 0.25) is 5.15 Å². The topological polar surface area (TPSA) is 28.7 Å². The summed E-state index contributed by atoms with van der Waals surface area (Å²) in [5.41, 5.74) is -0.0224. The molecule has 7 heteroatoms. The summed E-state index contributed by atoms with van der Waals surface area (Å²) in [7, 11) is 0. The lowest BCUT2D eigenvalue weighted by molar-refractivity contribution is 0.496. The molecule has 0 spiro atoms. The normalized spacial score (nSPS) is 10.6. The molecule has 17 heavy (non-hydrogen) atoms. The van der Waals surface area contributed by atoms with E-state index < -0.39 is 17.5 Å². The smallest absolute Gasteiger partial charge is 0.161 e. The minimum Gasteiger partial charge on any atom is -0.266 e. The van der Waals surface area contributed by atoms with Crippen LogP contribution in [0.1, 0.15) is 0 Å². The van der Waals surface area contributed by atoms with Gasteiger partial charge in [-0.3, -0.25) is 5.10 Å². The lowest BCUT2D eigenvalue weighted by Crippen LogP contribution is -1.94. The molecule has 0 atom stereocenters. The minimum absolute atomic E-state index is 0.0396. The number of H-pyrrole nitrogens is 1. The van der Waals surface area contributed by atoms with Gasteiger partial charge in [-0.25, -0.2) is 13.2 Å². The van der Waals surface area contributed by atoms with E-state index in [1.54, 1.807) is 0 Å². The van der Waals surface area contributed by atoms with Crippen molar-refractivity contribution in [2.75, 3.05) is 0 Å². The molecule has 1 N–H and O–H groups in total. The first-order valence-corrected chi connectivity index (χ1v) is 5.18. The van der Waals surface area contributed by atoms with Gasteiger partial charge in [0.25, 0.3) is 0 Å². The molecule has 88 valence electrons. The van der Waals surface area contributed by atoms with E-state index >= 15 is 0 Å². The molecule has 0 aliphatic heterocycles. The molecule has 0 fully saturated rings. The van der Waals surface area contributed by atoms with Crippen LogP contribution >= 0.6 is 23.8 Å². The Morgan fingerprint density at radius 3 is 2.35 bits per heavy atom. The number of hydrogen-bond acceptors (Lipinski definition) is 2. The molecule has 0 radical (unpaired) electrons. The molecule has 0 bridgehead atoms. The molecule has 1 heterocycles. The molecule has 0 unspecified atom stereocenters. The maximum Gasteiger partial charge on any atom is 0.161 e. The van der Waals surface area contributed by atoms with Crippen LogP contribution in [0, 0.1) is 22.1 Å². The monoisotopic (exact) mass is 276 g/mol. The third-order valence-electron chi connectivity index (χ3n) is 2.07. The lowest BCUT2D eigenvalue weighted by atomic mass is 10.1. The molecule has 2 nitrogen and oxygen atoms in total. The van der Waals surface area contributed by atoms with E-state index in [0.29, 0.717) is 6.07 Å². The Bertz CT molecular complexity index is 642. The average molecular weight is 277 g/mol. The molecule has 0 aliphatic carbocycles. The largest absolute Gasteiger partial charge is 0.266 e. The summed E-state index contributed by atoms with van der Waals surface area (Å²) in [5.74, 6) is -3.35. The van der Waals surface area contributed by atoms with Crippen molar-refractivity contribution in [2.24, 2.45) is 0 Å². The van der Waals surface area contributed by atoms with Gasteiger partial charge in [-0.2, -0.15) is 5.10 Å². The van der Waals surface area contributed by atoms with Crippen molar-refractivity contribution < 1.29 is 13.2 Å². The van der Waals surface area contributed by atoms with Gasteiger partial charge in [-0.15, -0.1) is 0 Å². The fourth-order valence-corrected chi connectivity index (χ4v) is 1.68. The van der Waals surface area contributed by atoms with E-state index in [-0.39, 0.29) is 20.9 Å². The van der Waals surface area contributed by atoms with Crippen LogP contribution in [0.5, 0.6) is 0 Å². The highest BCUT2D eigenvalue weighted by molar-refractivity contribution is 7.71. The Morgan fingerprint density at radius 1 is 1.00 bits per heavy atom. The van der Waals surface area contributed by atoms with Crippen LogP contribution in [-0.4, -0.2) is 10.2 Å². The van der Waals surface area contributed by atoms with Crippen molar-refractivity contribution in [3.8, 4) is 11.1 Å². The number of hydrogen-bond donors (Lipinski definition) is 1. The number of rotatable bonds is 1. The minimum atomic E-state index is -1.26. The number of benzene rings is 1. The zero-order valence-corrected chi connectivity index (χ0v) is 9.67. The van der Waals surface area contributed by atoms with Crippen LogP contribution in [0.4, 0.5) is 13.2 Å². The number of aromatic nitrogens is 2. The van der Waals surface area contributed by atoms with Crippen molar-refractivity contribution in [3.63, 3.8) is 0 Å². The predicted octanol–water partition coefficient (Wildman–Crippen LogP) is 3.88. The first kappa shape index (κ1) is 12.1. The highest BCUT2D eigenvalue weighted by Crippen LogP contribution is 2.26. The van der Waals surface area contributed by atoms with Crippen LogP contribution in [-0.2, 0) is 0 Å². The summed E-state index contributed by atoms with van der Waals surface area (Å²) < 4.78 is 39.4. The third-order valence-corrected chi connectivity index (χ3v) is 2.58. The maximum absolute atomic E-state index is 13.5. The number of halogens is 4. The van der Waals surface area contributed by atoms with Crippen molar-refractivity contribution in [1.29, 1.82) is 0 Å². The average Bonchev–Trinajstić information content (AvgIpc) is 2.27. The van der Waals surface area contributed by atoms with Gasteiger partial charge in [0.2, 0.25) is 0 Å². The van der Waals surface area contributed by atoms with Crippen LogP contribution < -0.4 is 0 Å². The highest BCUT2D eigenvalue weighted by Gasteiger charge is 2.13. The third kappa shape index (κ3) is 2.32. The number of nitrogens with one attached hydrogen (secondary N) is 1. The van der Waals surface area contributed by atoms with Crippen molar-refractivity contribution in [3.05, 3.63) is 45.4 Å². The Morgan fingerprint density at radius 2 is 1.65 bits per heavy atom. The fourth-order valence-electron chi connectivity index (χ4n) is 1.31. The molecule has 1 aromatic carbocycles. The Labute approximate surface area is 104 Å². The molecule has 0 aliphatic rings. The van der Waals surface area contributed by atoms with E-state index in [0.717, 1.165) is 6.07 Å². The first-order chi connectivity index (χ1) is 7.99. The summed E-state index contributed by atoms with van der Waals surface area (Å²) in [6.45, 7) is 0. The molecule has 0 saturated heterocycles. The SMILES string of the molecule is Fc1cc(F)c(-c2cc(Cl)n[nH]c2=S)cc1F. The molecule has 2 aromatic rings. The van der Waals surface area contributed by atoms with Crippen molar-refractivity contribution in [2.45, 2.75) is 0 Å². The number of aromatic amines is 1. The molecule has 1 aromatic heterocycles. The van der Waals surface area contributed by atoms with Gasteiger partial charge in [0.05, 0.1) is 0 Å². The zero-order valence-electron chi connectivity index (χ0n) is 8.10. The quantitative estimate of drug-likeness (QED) is 0.632. The van der Waals surface area contributed by atoms with Gasteiger partial charge in [-0.05, 0) is 12.1 Å². The van der Waals surface area contributed by atoms with E-state index in [9.17, 15) is 13.2 Å². The Hall–Kier alpha value is -1.40. The number of nitrogens with zero attached hydrogens (tertiary/aromatic N) is 1. The molecular formula is C10H4ClF3N2S. The standard InChI is InChI=1S/C10H4ClF3N2S/c11-9-2-5(10(17)16-15-9)4-1-7(13)8(14)3-6(4)12/h1-3H,(H,16,17). The zero-order chi connectivity index (χ0) is 12.6. The highest BCUT2D eigenvalue weighted by atomic mass is 35.5. The summed E-state index contributed by atoms with van der Waals surface area (Å²) in [6.07, 6.45) is 0. The summed E-state index contributed by atoms with van der Waals surface area (Å²) in [5, 5.41) is 6.00. The summed E-state index contributed by atoms with van der Waals surface area (Å²) in [4.78, 5) is 0. The van der Waals surface area contributed by atoms with Gasteiger partial charge >= 0.3 is 0 Å². The van der Waals surface area contributed by atoms with Crippen LogP contribution in [0.3, 0.4) is 0 Å². The second kappa shape index (κ2) is 4.46. The van der Waals surface area contributed by atoms with Gasteiger partial charge < -0.3 is 0 Å². The van der Waals surface area contributed by atoms with Gasteiger partial charge in [0, 0.05) is 17.2 Å². The van der Waals surface area contributed by atoms with Gasteiger partial charge in [0.15, 0.2) is 11.6 Å². The summed E-state index contributed by atoms with van der Waals surface area (Å²) in [6, 6.07) is 2.45. The Kier molecular flexibility index (Phi) is 3.17. The van der Waals surface area contributed by atoms with Crippen LogP contribution in [0.15, 0.2) is 18.2 Å². The van der Waals surface area contributed by atoms with E-state index in [2.05, 4.69) is 10.2 Å². The van der Waals surface area contributed by atoms with Crippen molar-refractivity contribution in [1.82, 2.24) is 10.2 Å². The van der Waals surface area contributed by atoms with Gasteiger partial charge in [0.1, 0.15) is 15.6 Å². The predicted molar refractivity (Wildman–Crippen MR) is 59.7 cm³/mol. The van der Waals surface area contributed by atoms with Crippen molar-refractivity contribution >= 4 is 23.8 Å². The summed E-state index contributed by atoms with van der Waals surface area (Å²) >= 11 is 10.5. The van der Waals surface area contributed by atoms with E-state index in [1.165, 1.54) is 6.07 Å². The van der Waals surface area contributed by atoms with E-state index in [4.69, 9.17) is 23.8 Å². The lowest BCUT2D eigenvalue weighted by Gasteiger charge is -2.04. The maximum atomic E-state index is 13.5. The Balaban J connectivity index is 2.72. The second-order valence-electron chi connectivity index (χ2n) is 3.18. The molecule has 0 saturated carbocycles. The van der Waals surface area contributed by atoms with Crippen LogP contribution in [0.25, 0.3) is 11.1 Å². The van der Waals surface area contributed by atoms with Gasteiger partial charge in [-0.1, -0.05) is 23.8 Å².